The largest absolute Gasteiger partial charge is 0.350 e. The van der Waals surface area contributed by atoms with E-state index in [0.717, 1.165) is 12.6 Å². The third-order valence-electron chi connectivity index (χ3n) is 4.99. The molecule has 0 radical (unpaired) electrons. The van der Waals surface area contributed by atoms with Gasteiger partial charge in [0.1, 0.15) is 6.04 Å². The van der Waals surface area contributed by atoms with E-state index in [0.29, 0.717) is 36.6 Å². The van der Waals surface area contributed by atoms with Crippen LogP contribution in [-0.2, 0) is 9.59 Å². The van der Waals surface area contributed by atoms with Gasteiger partial charge in [0.05, 0.1) is 5.88 Å². The molecule has 2 amide bonds. The Hall–Kier alpha value is -1.67. The van der Waals surface area contributed by atoms with Crippen molar-refractivity contribution in [2.24, 2.45) is 0 Å². The Labute approximate surface area is 155 Å². The quantitative estimate of drug-likeness (QED) is 0.833. The van der Waals surface area contributed by atoms with Crippen molar-refractivity contribution in [3.8, 4) is 0 Å². The van der Waals surface area contributed by atoms with E-state index in [-0.39, 0.29) is 23.8 Å². The minimum Gasteiger partial charge on any atom is -0.350 e. The van der Waals surface area contributed by atoms with Crippen molar-refractivity contribution < 1.29 is 18.4 Å². The molecular formula is C18H23F2N3O2S. The monoisotopic (exact) mass is 383 g/mol. The lowest BCUT2D eigenvalue weighted by Crippen LogP contribution is -2.55. The summed E-state index contributed by atoms with van der Waals surface area (Å²) >= 11 is 1.56. The van der Waals surface area contributed by atoms with Gasteiger partial charge in [-0.25, -0.2) is 8.78 Å². The molecule has 3 rings (SSSR count). The number of halogens is 2. The number of rotatable bonds is 4. The second-order valence-electron chi connectivity index (χ2n) is 6.62. The molecule has 26 heavy (non-hydrogen) atoms. The van der Waals surface area contributed by atoms with Crippen LogP contribution >= 0.6 is 11.8 Å². The van der Waals surface area contributed by atoms with E-state index in [4.69, 9.17) is 0 Å². The van der Waals surface area contributed by atoms with Gasteiger partial charge in [0.25, 0.3) is 0 Å². The third kappa shape index (κ3) is 4.01. The summed E-state index contributed by atoms with van der Waals surface area (Å²) < 4.78 is 26.9. The first-order chi connectivity index (χ1) is 12.5. The molecule has 1 aromatic rings. The minimum absolute atomic E-state index is 0.0333. The zero-order valence-electron chi connectivity index (χ0n) is 14.6. The fourth-order valence-electron chi connectivity index (χ4n) is 3.54. The van der Waals surface area contributed by atoms with Crippen LogP contribution in [0.3, 0.4) is 0 Å². The maximum atomic E-state index is 13.6. The molecule has 2 heterocycles. The molecule has 5 nitrogen and oxygen atoms in total. The van der Waals surface area contributed by atoms with Crippen molar-refractivity contribution in [1.82, 2.24) is 15.5 Å². The Morgan fingerprint density at radius 1 is 1.35 bits per heavy atom. The third-order valence-corrected chi connectivity index (χ3v) is 6.00. The summed E-state index contributed by atoms with van der Waals surface area (Å²) in [5, 5.41) is 6.26. The van der Waals surface area contributed by atoms with Crippen molar-refractivity contribution in [2.45, 2.75) is 37.8 Å². The van der Waals surface area contributed by atoms with Crippen LogP contribution in [0.15, 0.2) is 18.2 Å². The number of thioether (sulfide) groups is 1. The van der Waals surface area contributed by atoms with Gasteiger partial charge in [-0.2, -0.15) is 0 Å². The SMILES string of the molecule is CCC(=O)N1CSCC1C(=O)NC1CNCCC1c1ccc(F)c(F)c1. The smallest absolute Gasteiger partial charge is 0.243 e. The van der Waals surface area contributed by atoms with Crippen molar-refractivity contribution in [3.63, 3.8) is 0 Å². The highest BCUT2D eigenvalue weighted by molar-refractivity contribution is 7.99. The van der Waals surface area contributed by atoms with E-state index in [1.54, 1.807) is 29.7 Å². The lowest BCUT2D eigenvalue weighted by Gasteiger charge is -2.34. The summed E-state index contributed by atoms with van der Waals surface area (Å²) in [5.74, 6) is -0.960. The van der Waals surface area contributed by atoms with Gasteiger partial charge < -0.3 is 15.5 Å². The topological polar surface area (TPSA) is 61.4 Å². The molecule has 2 aliphatic rings. The van der Waals surface area contributed by atoms with Gasteiger partial charge in [0.2, 0.25) is 11.8 Å². The van der Waals surface area contributed by atoms with Gasteiger partial charge >= 0.3 is 0 Å². The Morgan fingerprint density at radius 3 is 2.88 bits per heavy atom. The summed E-state index contributed by atoms with van der Waals surface area (Å²) in [6.07, 6.45) is 1.08. The number of benzene rings is 1. The van der Waals surface area contributed by atoms with E-state index in [9.17, 15) is 18.4 Å². The number of carbonyl (C=O) groups is 2. The van der Waals surface area contributed by atoms with E-state index in [1.165, 1.54) is 6.07 Å². The summed E-state index contributed by atoms with van der Waals surface area (Å²) in [5.41, 5.74) is 0.679. The molecule has 2 fully saturated rings. The lowest BCUT2D eigenvalue weighted by molar-refractivity contribution is -0.138. The van der Waals surface area contributed by atoms with Gasteiger partial charge in [-0.15, -0.1) is 11.8 Å². The molecule has 2 aliphatic heterocycles. The van der Waals surface area contributed by atoms with Gasteiger partial charge in [-0.05, 0) is 30.7 Å². The molecule has 0 bridgehead atoms. The first kappa shape index (κ1) is 19.1. The predicted octanol–water partition coefficient (Wildman–Crippen LogP) is 1.84. The summed E-state index contributed by atoms with van der Waals surface area (Å²) in [7, 11) is 0. The minimum atomic E-state index is -0.877. The fraction of sp³-hybridized carbons (Fsp3) is 0.556. The van der Waals surface area contributed by atoms with Crippen molar-refractivity contribution in [3.05, 3.63) is 35.4 Å². The molecule has 0 saturated carbocycles. The van der Waals surface area contributed by atoms with Crippen LogP contribution in [0.25, 0.3) is 0 Å². The van der Waals surface area contributed by atoms with Crippen LogP contribution in [0, 0.1) is 11.6 Å². The molecule has 0 aliphatic carbocycles. The second kappa shape index (κ2) is 8.35. The van der Waals surface area contributed by atoms with E-state index >= 15 is 0 Å². The fourth-order valence-corrected chi connectivity index (χ4v) is 4.72. The lowest BCUT2D eigenvalue weighted by atomic mass is 9.85. The number of carbonyl (C=O) groups excluding carboxylic acids is 2. The first-order valence-corrected chi connectivity index (χ1v) is 10.00. The van der Waals surface area contributed by atoms with Gasteiger partial charge in [-0.3, -0.25) is 9.59 Å². The average Bonchev–Trinajstić information content (AvgIpc) is 3.14. The molecule has 0 aromatic heterocycles. The molecule has 1 aromatic carbocycles. The average molecular weight is 383 g/mol. The molecular weight excluding hydrogens is 360 g/mol. The summed E-state index contributed by atoms with van der Waals surface area (Å²) in [6.45, 7) is 3.08. The van der Waals surface area contributed by atoms with Crippen LogP contribution < -0.4 is 10.6 Å². The number of amides is 2. The molecule has 0 spiro atoms. The predicted molar refractivity (Wildman–Crippen MR) is 96.8 cm³/mol. The highest BCUT2D eigenvalue weighted by Gasteiger charge is 2.36. The highest BCUT2D eigenvalue weighted by Crippen LogP contribution is 2.28. The molecule has 8 heteroatoms. The molecule has 2 N–H and O–H groups in total. The van der Waals surface area contributed by atoms with E-state index < -0.39 is 17.7 Å². The number of piperidine rings is 1. The van der Waals surface area contributed by atoms with Gasteiger partial charge in [0.15, 0.2) is 11.6 Å². The summed E-state index contributed by atoms with van der Waals surface area (Å²) in [6, 6.07) is 3.21. The maximum absolute atomic E-state index is 13.6. The zero-order chi connectivity index (χ0) is 18.7. The normalized spacial score (nSPS) is 26.0. The summed E-state index contributed by atoms with van der Waals surface area (Å²) in [4.78, 5) is 26.4. The molecule has 3 unspecified atom stereocenters. The Balaban J connectivity index is 1.72. The zero-order valence-corrected chi connectivity index (χ0v) is 15.5. The standard InChI is InChI=1S/C18H23F2N3O2S/c1-2-17(24)23-10-26-9-16(23)18(25)22-15-8-21-6-5-12(15)11-3-4-13(19)14(20)7-11/h3-4,7,12,15-16,21H,2,5-6,8-10H2,1H3,(H,22,25). The maximum Gasteiger partial charge on any atom is 0.243 e. The van der Waals surface area contributed by atoms with E-state index in [1.807, 2.05) is 0 Å². The number of nitrogens with one attached hydrogen (secondary N) is 2. The first-order valence-electron chi connectivity index (χ1n) is 8.84. The Kier molecular flexibility index (Phi) is 6.13. The van der Waals surface area contributed by atoms with Gasteiger partial charge in [0, 0.05) is 30.7 Å². The molecule has 142 valence electrons. The van der Waals surface area contributed by atoms with Crippen LogP contribution in [0.1, 0.15) is 31.2 Å². The van der Waals surface area contributed by atoms with Crippen molar-refractivity contribution >= 4 is 23.6 Å². The molecule has 2 saturated heterocycles. The Morgan fingerprint density at radius 2 is 2.15 bits per heavy atom. The van der Waals surface area contributed by atoms with Crippen LogP contribution in [-0.4, -0.2) is 53.5 Å². The van der Waals surface area contributed by atoms with Crippen LogP contribution in [0.5, 0.6) is 0 Å². The van der Waals surface area contributed by atoms with E-state index in [2.05, 4.69) is 10.6 Å². The number of hydrogen-bond donors (Lipinski definition) is 2. The number of nitrogens with zero attached hydrogens (tertiary/aromatic N) is 1. The van der Waals surface area contributed by atoms with Crippen molar-refractivity contribution in [1.29, 1.82) is 0 Å². The van der Waals surface area contributed by atoms with Crippen LogP contribution in [0.2, 0.25) is 0 Å². The Bertz CT molecular complexity index is 688. The second-order valence-corrected chi connectivity index (χ2v) is 7.62. The van der Waals surface area contributed by atoms with Gasteiger partial charge in [-0.1, -0.05) is 13.0 Å². The number of hydrogen-bond acceptors (Lipinski definition) is 4. The highest BCUT2D eigenvalue weighted by atomic mass is 32.2. The van der Waals surface area contributed by atoms with Crippen molar-refractivity contribution in [2.75, 3.05) is 24.7 Å². The molecule has 3 atom stereocenters. The van der Waals surface area contributed by atoms with Crippen LogP contribution in [0.4, 0.5) is 8.78 Å².